The molecule has 1 spiro atoms. The van der Waals surface area contributed by atoms with Gasteiger partial charge in [0.15, 0.2) is 5.60 Å². The molecular weight excluding hydrogens is 326 g/mol. The number of carbonyl (C=O) groups is 1. The zero-order valence-corrected chi connectivity index (χ0v) is 14.7. The Morgan fingerprint density at radius 3 is 3.17 bits per heavy atom. The van der Waals surface area contributed by atoms with E-state index in [1.165, 1.54) is 0 Å². The summed E-state index contributed by atoms with van der Waals surface area (Å²) >= 11 is 1.65. The molecule has 0 radical (unpaired) electrons. The summed E-state index contributed by atoms with van der Waals surface area (Å²) in [6.45, 7) is 4.97. The van der Waals surface area contributed by atoms with Crippen LogP contribution in [0.5, 0.6) is 0 Å². The van der Waals surface area contributed by atoms with E-state index >= 15 is 0 Å². The van der Waals surface area contributed by atoms with E-state index in [0.29, 0.717) is 25.2 Å². The molecule has 3 aliphatic rings. The Bertz CT molecular complexity index is 625. The van der Waals surface area contributed by atoms with E-state index in [1.54, 1.807) is 11.3 Å². The van der Waals surface area contributed by atoms with Gasteiger partial charge in [0, 0.05) is 19.5 Å². The van der Waals surface area contributed by atoms with Crippen molar-refractivity contribution in [2.24, 2.45) is 5.16 Å². The van der Waals surface area contributed by atoms with Crippen molar-refractivity contribution < 1.29 is 14.4 Å². The van der Waals surface area contributed by atoms with Crippen LogP contribution in [0.3, 0.4) is 0 Å². The lowest BCUT2D eigenvalue weighted by Gasteiger charge is -2.36. The summed E-state index contributed by atoms with van der Waals surface area (Å²) in [7, 11) is 0. The molecule has 0 aromatic carbocycles. The minimum Gasteiger partial charge on any atom is -0.387 e. The van der Waals surface area contributed by atoms with Gasteiger partial charge in [-0.1, -0.05) is 5.16 Å². The second kappa shape index (κ2) is 6.46. The van der Waals surface area contributed by atoms with Crippen molar-refractivity contribution in [3.8, 4) is 0 Å². The molecule has 7 heteroatoms. The van der Waals surface area contributed by atoms with Crippen LogP contribution < -0.4 is 5.32 Å². The monoisotopic (exact) mass is 349 g/mol. The van der Waals surface area contributed by atoms with Crippen molar-refractivity contribution in [2.75, 3.05) is 26.2 Å². The molecule has 0 aliphatic carbocycles. The predicted molar refractivity (Wildman–Crippen MR) is 92.2 cm³/mol. The molecule has 2 saturated heterocycles. The molecule has 3 aliphatic heterocycles. The van der Waals surface area contributed by atoms with E-state index in [9.17, 15) is 4.79 Å². The van der Waals surface area contributed by atoms with E-state index in [4.69, 9.17) is 9.57 Å². The third kappa shape index (κ3) is 3.08. The molecule has 4 rings (SSSR count). The van der Waals surface area contributed by atoms with Crippen molar-refractivity contribution >= 4 is 23.0 Å². The second-order valence-electron chi connectivity index (χ2n) is 6.97. The number of morpholine rings is 1. The first kappa shape index (κ1) is 16.1. The van der Waals surface area contributed by atoms with Crippen molar-refractivity contribution in [3.63, 3.8) is 0 Å². The van der Waals surface area contributed by atoms with Gasteiger partial charge in [-0.05, 0) is 48.7 Å². The molecule has 0 bridgehead atoms. The molecule has 3 unspecified atom stereocenters. The molecule has 3 atom stereocenters. The molecule has 24 heavy (non-hydrogen) atoms. The normalized spacial score (nSPS) is 33.4. The highest BCUT2D eigenvalue weighted by atomic mass is 32.1. The number of carbonyl (C=O) groups excluding carboxylic acids is 1. The molecule has 4 heterocycles. The second-order valence-corrected chi connectivity index (χ2v) is 7.75. The number of piperidine rings is 1. The average molecular weight is 349 g/mol. The Morgan fingerprint density at radius 1 is 1.50 bits per heavy atom. The number of ether oxygens (including phenoxy) is 1. The molecule has 1 aromatic heterocycles. The van der Waals surface area contributed by atoms with Gasteiger partial charge in [-0.2, -0.15) is 11.3 Å². The lowest BCUT2D eigenvalue weighted by Crippen LogP contribution is -2.50. The number of thiophene rings is 1. The number of hydrogen-bond acceptors (Lipinski definition) is 6. The molecule has 1 N–H and O–H groups in total. The van der Waals surface area contributed by atoms with Crippen LogP contribution in [-0.2, 0) is 14.4 Å². The first-order chi connectivity index (χ1) is 11.7. The van der Waals surface area contributed by atoms with Gasteiger partial charge in [-0.15, -0.1) is 0 Å². The average Bonchev–Trinajstić information content (AvgIpc) is 3.25. The van der Waals surface area contributed by atoms with Gasteiger partial charge in [0.1, 0.15) is 11.8 Å². The van der Waals surface area contributed by atoms with E-state index in [-0.39, 0.29) is 23.7 Å². The zero-order chi connectivity index (χ0) is 16.6. The van der Waals surface area contributed by atoms with Crippen LogP contribution in [0.15, 0.2) is 22.0 Å². The molecular formula is C17H23N3O3S. The van der Waals surface area contributed by atoms with Crippen LogP contribution in [0.1, 0.15) is 37.9 Å². The van der Waals surface area contributed by atoms with Crippen LogP contribution >= 0.6 is 11.3 Å². The van der Waals surface area contributed by atoms with Crippen LogP contribution in [0.4, 0.5) is 0 Å². The van der Waals surface area contributed by atoms with Crippen LogP contribution in [0.25, 0.3) is 0 Å². The third-order valence-corrected chi connectivity index (χ3v) is 5.68. The highest BCUT2D eigenvalue weighted by molar-refractivity contribution is 7.07. The van der Waals surface area contributed by atoms with Crippen molar-refractivity contribution in [2.45, 2.75) is 44.0 Å². The quantitative estimate of drug-likeness (QED) is 0.886. The SMILES string of the molecule is CC1CN(C(=O)C2=NOC3(CCCNC3)C2)CC(c2ccsc2)O1. The van der Waals surface area contributed by atoms with Gasteiger partial charge >= 0.3 is 0 Å². The summed E-state index contributed by atoms with van der Waals surface area (Å²) in [6, 6.07) is 2.06. The minimum atomic E-state index is -0.312. The summed E-state index contributed by atoms with van der Waals surface area (Å²) in [4.78, 5) is 20.5. The molecule has 1 aromatic rings. The maximum atomic E-state index is 12.9. The minimum absolute atomic E-state index is 0.00664. The first-order valence-electron chi connectivity index (χ1n) is 8.58. The van der Waals surface area contributed by atoms with Crippen molar-refractivity contribution in [3.05, 3.63) is 22.4 Å². The summed E-state index contributed by atoms with van der Waals surface area (Å²) in [5.41, 5.74) is 1.38. The van der Waals surface area contributed by atoms with E-state index < -0.39 is 0 Å². The van der Waals surface area contributed by atoms with Crippen LogP contribution in [0.2, 0.25) is 0 Å². The Balaban J connectivity index is 1.44. The largest absolute Gasteiger partial charge is 0.387 e. The lowest BCUT2D eigenvalue weighted by atomic mass is 9.89. The van der Waals surface area contributed by atoms with Gasteiger partial charge in [-0.25, -0.2) is 0 Å². The van der Waals surface area contributed by atoms with Crippen molar-refractivity contribution in [1.82, 2.24) is 10.2 Å². The predicted octanol–water partition coefficient (Wildman–Crippen LogP) is 1.93. The summed E-state index contributed by atoms with van der Waals surface area (Å²) < 4.78 is 6.02. The Hall–Kier alpha value is -1.44. The fourth-order valence-electron chi connectivity index (χ4n) is 3.75. The molecule has 130 valence electrons. The van der Waals surface area contributed by atoms with E-state index in [0.717, 1.165) is 31.5 Å². The Kier molecular flexibility index (Phi) is 4.32. The lowest BCUT2D eigenvalue weighted by molar-refractivity contribution is -0.138. The zero-order valence-electron chi connectivity index (χ0n) is 13.9. The number of nitrogens with zero attached hydrogens (tertiary/aromatic N) is 2. The summed E-state index contributed by atoms with van der Waals surface area (Å²) in [6.07, 6.45) is 2.58. The highest BCUT2D eigenvalue weighted by Crippen LogP contribution is 2.32. The van der Waals surface area contributed by atoms with E-state index in [2.05, 4.69) is 21.9 Å². The van der Waals surface area contributed by atoms with E-state index in [1.807, 2.05) is 17.2 Å². The number of amides is 1. The van der Waals surface area contributed by atoms with Gasteiger partial charge in [0.05, 0.1) is 12.6 Å². The Morgan fingerprint density at radius 2 is 2.42 bits per heavy atom. The smallest absolute Gasteiger partial charge is 0.272 e. The van der Waals surface area contributed by atoms with Crippen molar-refractivity contribution in [1.29, 1.82) is 0 Å². The fourth-order valence-corrected chi connectivity index (χ4v) is 4.45. The molecule has 2 fully saturated rings. The highest BCUT2D eigenvalue weighted by Gasteiger charge is 2.44. The molecule has 1 amide bonds. The van der Waals surface area contributed by atoms with Gasteiger partial charge in [-0.3, -0.25) is 4.79 Å². The maximum absolute atomic E-state index is 12.9. The van der Waals surface area contributed by atoms with Gasteiger partial charge < -0.3 is 19.8 Å². The molecule has 6 nitrogen and oxygen atoms in total. The standard InChI is InChI=1S/C17H23N3O3S/c1-12-8-20(9-15(22-12)13-3-6-24-10-13)16(21)14-7-17(23-19-14)4-2-5-18-11-17/h3,6,10,12,15,18H,2,4-5,7-9,11H2,1H3. The summed E-state index contributed by atoms with van der Waals surface area (Å²) in [5, 5.41) is 11.6. The van der Waals surface area contributed by atoms with Gasteiger partial charge in [0.2, 0.25) is 0 Å². The molecule has 0 saturated carbocycles. The first-order valence-corrected chi connectivity index (χ1v) is 9.52. The van der Waals surface area contributed by atoms with Crippen LogP contribution in [0, 0.1) is 0 Å². The number of hydrogen-bond donors (Lipinski definition) is 1. The Labute approximate surface area is 145 Å². The van der Waals surface area contributed by atoms with Gasteiger partial charge in [0.25, 0.3) is 5.91 Å². The van der Waals surface area contributed by atoms with Crippen LogP contribution in [-0.4, -0.2) is 54.4 Å². The summed E-state index contributed by atoms with van der Waals surface area (Å²) in [5.74, 6) is -0.00664. The third-order valence-electron chi connectivity index (χ3n) is 4.98. The number of oxime groups is 1. The topological polar surface area (TPSA) is 63.2 Å². The maximum Gasteiger partial charge on any atom is 0.272 e. The fraction of sp³-hybridized carbons (Fsp3) is 0.647. The number of rotatable bonds is 2. The number of nitrogens with one attached hydrogen (secondary N) is 1.